The zero-order valence-corrected chi connectivity index (χ0v) is 22.6. The lowest BCUT2D eigenvalue weighted by molar-refractivity contribution is 0.499. The first-order chi connectivity index (χ1) is 19.8. The first-order valence-electron chi connectivity index (χ1n) is 14.6. The van der Waals surface area contributed by atoms with Gasteiger partial charge in [-0.2, -0.15) is 5.26 Å². The number of allylic oxidation sites excluding steroid dienone is 14. The fraction of sp³-hybridized carbons (Fsp3) is 0.216. The molecule has 194 valence electrons. The van der Waals surface area contributed by atoms with E-state index in [4.69, 9.17) is 0 Å². The van der Waals surface area contributed by atoms with E-state index in [-0.39, 0.29) is 5.92 Å². The molecule has 8 rings (SSSR count). The van der Waals surface area contributed by atoms with E-state index in [2.05, 4.69) is 107 Å². The summed E-state index contributed by atoms with van der Waals surface area (Å²) in [6.07, 6.45) is 28.8. The number of aromatic nitrogens is 1. The Morgan fingerprint density at radius 1 is 0.825 bits per heavy atom. The van der Waals surface area contributed by atoms with Crippen molar-refractivity contribution < 1.29 is 0 Å². The third-order valence-electron chi connectivity index (χ3n) is 9.13. The molecule has 0 bridgehead atoms. The van der Waals surface area contributed by atoms with Crippen LogP contribution in [0.15, 0.2) is 126 Å². The Morgan fingerprint density at radius 3 is 2.60 bits per heavy atom. The van der Waals surface area contributed by atoms with Crippen molar-refractivity contribution in [2.45, 2.75) is 38.5 Å². The number of para-hydroxylation sites is 1. The lowest BCUT2D eigenvalue weighted by atomic mass is 9.82. The topological polar surface area (TPSA) is 32.0 Å². The number of nitriles is 1. The van der Waals surface area contributed by atoms with Crippen LogP contribution in [0.2, 0.25) is 0 Å². The van der Waals surface area contributed by atoms with Crippen LogP contribution in [0.1, 0.15) is 44.1 Å². The summed E-state index contributed by atoms with van der Waals surface area (Å²) in [7, 11) is 0. The van der Waals surface area contributed by atoms with Gasteiger partial charge in [0.2, 0.25) is 0 Å². The van der Waals surface area contributed by atoms with E-state index in [1.54, 1.807) is 5.57 Å². The summed E-state index contributed by atoms with van der Waals surface area (Å²) >= 11 is 0. The molecule has 2 heterocycles. The van der Waals surface area contributed by atoms with Gasteiger partial charge in [0.05, 0.1) is 23.0 Å². The Hall–Kier alpha value is -4.55. The van der Waals surface area contributed by atoms with E-state index in [1.807, 2.05) is 12.2 Å². The summed E-state index contributed by atoms with van der Waals surface area (Å²) in [5.41, 5.74) is 12.1. The summed E-state index contributed by atoms with van der Waals surface area (Å²) in [5, 5.41) is 12.2. The normalized spacial score (nSPS) is 23.5. The van der Waals surface area contributed by atoms with Crippen molar-refractivity contribution in [1.82, 2.24) is 9.47 Å². The highest BCUT2D eigenvalue weighted by atomic mass is 15.2. The van der Waals surface area contributed by atoms with Crippen LogP contribution >= 0.6 is 0 Å². The van der Waals surface area contributed by atoms with Crippen LogP contribution in [0.4, 0.5) is 0 Å². The summed E-state index contributed by atoms with van der Waals surface area (Å²) in [5.74, 6) is 0.333. The molecule has 2 atom stereocenters. The second-order valence-electron chi connectivity index (χ2n) is 11.3. The Morgan fingerprint density at radius 2 is 1.70 bits per heavy atom. The van der Waals surface area contributed by atoms with Gasteiger partial charge in [-0.25, -0.2) is 0 Å². The molecule has 3 aromatic rings. The van der Waals surface area contributed by atoms with E-state index in [0.29, 0.717) is 5.92 Å². The van der Waals surface area contributed by atoms with Crippen LogP contribution in [0.5, 0.6) is 0 Å². The average molecular weight is 518 g/mol. The molecule has 0 saturated carbocycles. The minimum absolute atomic E-state index is 0.0957. The number of hydrogen-bond acceptors (Lipinski definition) is 2. The van der Waals surface area contributed by atoms with Crippen LogP contribution < -0.4 is 0 Å². The molecule has 40 heavy (non-hydrogen) atoms. The Labute approximate surface area is 235 Å². The second-order valence-corrected chi connectivity index (χ2v) is 11.3. The predicted octanol–water partition coefficient (Wildman–Crippen LogP) is 9.18. The number of nitrogens with zero attached hydrogens (tertiary/aromatic N) is 3. The van der Waals surface area contributed by atoms with Gasteiger partial charge in [-0.15, -0.1) is 0 Å². The standard InChI is InChI=1S/C37H31N3/c38-24-25-11-8-14-27(23-25)39-34-21-7-5-16-32(34)36-29(17-10-22-35(36)39)31-19-9-18-30-28-15-4-6-20-33(28)40(37(30)31)26-12-2-1-3-13-26/h1-2,5-12,14,16-17,19-22,25,30H,3-4,13,15,18,23H2/t25?,30-/m1/s1. The molecule has 4 aliphatic carbocycles. The number of rotatable bonds is 3. The summed E-state index contributed by atoms with van der Waals surface area (Å²) in [6.45, 7) is 0. The maximum atomic E-state index is 9.68. The first kappa shape index (κ1) is 23.3. The van der Waals surface area contributed by atoms with Gasteiger partial charge in [0.1, 0.15) is 0 Å². The van der Waals surface area contributed by atoms with Crippen molar-refractivity contribution in [3.05, 3.63) is 131 Å². The Bertz CT molecular complexity index is 1870. The Kier molecular flexibility index (Phi) is 5.42. The molecular formula is C37H31N3. The van der Waals surface area contributed by atoms with Crippen LogP contribution in [-0.2, 0) is 0 Å². The highest BCUT2D eigenvalue weighted by molar-refractivity contribution is 6.15. The Balaban J connectivity index is 1.40. The largest absolute Gasteiger partial charge is 0.317 e. The number of benzene rings is 2. The fourth-order valence-corrected chi connectivity index (χ4v) is 7.44. The molecule has 1 aliphatic heterocycles. The summed E-state index contributed by atoms with van der Waals surface area (Å²) in [4.78, 5) is 2.61. The van der Waals surface area contributed by atoms with Crippen LogP contribution in [0.25, 0.3) is 33.1 Å². The van der Waals surface area contributed by atoms with E-state index < -0.39 is 0 Å². The molecule has 1 aromatic heterocycles. The molecule has 5 aliphatic rings. The highest BCUT2D eigenvalue weighted by Gasteiger charge is 2.40. The van der Waals surface area contributed by atoms with E-state index in [9.17, 15) is 5.26 Å². The molecule has 0 N–H and O–H groups in total. The van der Waals surface area contributed by atoms with E-state index in [1.165, 1.54) is 55.7 Å². The van der Waals surface area contributed by atoms with Gasteiger partial charge in [0.15, 0.2) is 0 Å². The van der Waals surface area contributed by atoms with Crippen molar-refractivity contribution in [2.24, 2.45) is 11.8 Å². The monoisotopic (exact) mass is 517 g/mol. The van der Waals surface area contributed by atoms with Gasteiger partial charge in [-0.3, -0.25) is 0 Å². The summed E-state index contributed by atoms with van der Waals surface area (Å²) in [6, 6.07) is 18.0. The van der Waals surface area contributed by atoms with Crippen LogP contribution in [0.3, 0.4) is 0 Å². The van der Waals surface area contributed by atoms with Gasteiger partial charge in [-0.05, 0) is 73.6 Å². The molecule has 1 unspecified atom stereocenters. The summed E-state index contributed by atoms with van der Waals surface area (Å²) < 4.78 is 2.39. The van der Waals surface area contributed by atoms with Gasteiger partial charge in [-0.1, -0.05) is 72.9 Å². The van der Waals surface area contributed by atoms with Gasteiger partial charge in [0.25, 0.3) is 0 Å². The molecular weight excluding hydrogens is 486 g/mol. The van der Waals surface area contributed by atoms with Gasteiger partial charge < -0.3 is 9.47 Å². The third kappa shape index (κ3) is 3.42. The first-order valence-corrected chi connectivity index (χ1v) is 14.6. The van der Waals surface area contributed by atoms with Gasteiger partial charge in [0, 0.05) is 51.5 Å². The zero-order chi connectivity index (χ0) is 26.6. The fourth-order valence-electron chi connectivity index (χ4n) is 7.44. The SMILES string of the molecule is N#CC1C=CC=C(n2c3ccccc3c3c(C4=C5[C@H](CC=C4)C4=C(C=CCC4)N5C4=CC=CCC4)cccc32)C1. The average Bonchev–Trinajstić information content (AvgIpc) is 3.55. The quantitative estimate of drug-likeness (QED) is 0.347. The smallest absolute Gasteiger partial charge is 0.0701 e. The third-order valence-corrected chi connectivity index (χ3v) is 9.13. The molecule has 3 nitrogen and oxygen atoms in total. The van der Waals surface area contributed by atoms with Crippen molar-refractivity contribution in [2.75, 3.05) is 0 Å². The molecule has 2 aromatic carbocycles. The van der Waals surface area contributed by atoms with Crippen molar-refractivity contribution >= 4 is 33.1 Å². The van der Waals surface area contributed by atoms with Crippen LogP contribution in [-0.4, -0.2) is 9.47 Å². The molecule has 3 heteroatoms. The highest BCUT2D eigenvalue weighted by Crippen LogP contribution is 2.52. The van der Waals surface area contributed by atoms with Crippen LogP contribution in [0, 0.1) is 23.2 Å². The molecule has 0 amide bonds. The predicted molar refractivity (Wildman–Crippen MR) is 164 cm³/mol. The maximum absolute atomic E-state index is 9.68. The minimum atomic E-state index is -0.0957. The molecule has 0 spiro atoms. The molecule has 0 radical (unpaired) electrons. The van der Waals surface area contributed by atoms with Crippen molar-refractivity contribution in [3.63, 3.8) is 0 Å². The number of fused-ring (bicyclic) bond motifs is 5. The lowest BCUT2D eigenvalue weighted by Gasteiger charge is -2.32. The number of hydrogen-bond donors (Lipinski definition) is 0. The maximum Gasteiger partial charge on any atom is 0.0701 e. The molecule has 0 fully saturated rings. The van der Waals surface area contributed by atoms with E-state index >= 15 is 0 Å². The lowest BCUT2D eigenvalue weighted by Crippen LogP contribution is -2.22. The van der Waals surface area contributed by atoms with Gasteiger partial charge >= 0.3 is 0 Å². The minimum Gasteiger partial charge on any atom is -0.317 e. The second kappa shape index (κ2) is 9.28. The van der Waals surface area contributed by atoms with Crippen molar-refractivity contribution in [1.29, 1.82) is 5.26 Å². The van der Waals surface area contributed by atoms with Crippen molar-refractivity contribution in [3.8, 4) is 6.07 Å². The van der Waals surface area contributed by atoms with E-state index in [0.717, 1.165) is 38.5 Å². The molecule has 0 saturated heterocycles. The zero-order valence-electron chi connectivity index (χ0n) is 22.6.